The molecule has 0 aliphatic rings. The summed E-state index contributed by atoms with van der Waals surface area (Å²) in [6.45, 7) is 4.88. The summed E-state index contributed by atoms with van der Waals surface area (Å²) in [4.78, 5) is 4.59. The van der Waals surface area contributed by atoms with Gasteiger partial charge in [0.25, 0.3) is 0 Å². The Bertz CT molecular complexity index is 501. The second-order valence-electron chi connectivity index (χ2n) is 3.83. The normalized spacial score (nSPS) is 12.6. The SMILES string of the molecule is CCNC(C)c1cccc(F)c1Sc1ncn[nH]1. The number of hydrogen-bond acceptors (Lipinski definition) is 4. The van der Waals surface area contributed by atoms with Crippen molar-refractivity contribution >= 4 is 11.8 Å². The van der Waals surface area contributed by atoms with Crippen molar-refractivity contribution in [2.24, 2.45) is 0 Å². The minimum absolute atomic E-state index is 0.0936. The highest BCUT2D eigenvalue weighted by molar-refractivity contribution is 7.99. The number of rotatable bonds is 5. The fraction of sp³-hybridized carbons (Fsp3) is 0.333. The lowest BCUT2D eigenvalue weighted by Crippen LogP contribution is -2.18. The molecule has 1 unspecified atom stereocenters. The maximum Gasteiger partial charge on any atom is 0.188 e. The van der Waals surface area contributed by atoms with Crippen LogP contribution in [0.2, 0.25) is 0 Å². The average molecular weight is 266 g/mol. The van der Waals surface area contributed by atoms with Crippen LogP contribution in [0.15, 0.2) is 34.6 Å². The topological polar surface area (TPSA) is 53.6 Å². The molecule has 1 aromatic carbocycles. The maximum absolute atomic E-state index is 13.9. The number of nitrogens with one attached hydrogen (secondary N) is 2. The smallest absolute Gasteiger partial charge is 0.188 e. The Morgan fingerprint density at radius 3 is 3.00 bits per heavy atom. The van der Waals surface area contributed by atoms with Gasteiger partial charge in [-0.2, -0.15) is 5.10 Å². The van der Waals surface area contributed by atoms with E-state index in [4.69, 9.17) is 0 Å². The van der Waals surface area contributed by atoms with Crippen LogP contribution in [0.5, 0.6) is 0 Å². The first kappa shape index (κ1) is 13.0. The average Bonchev–Trinajstić information content (AvgIpc) is 2.85. The fourth-order valence-electron chi connectivity index (χ4n) is 1.73. The van der Waals surface area contributed by atoms with Crippen molar-refractivity contribution in [3.05, 3.63) is 35.9 Å². The van der Waals surface area contributed by atoms with Gasteiger partial charge in [0.15, 0.2) is 5.16 Å². The molecule has 1 heterocycles. The molecule has 2 N–H and O–H groups in total. The van der Waals surface area contributed by atoms with Crippen LogP contribution < -0.4 is 5.32 Å². The summed E-state index contributed by atoms with van der Waals surface area (Å²) in [5, 5.41) is 10.4. The van der Waals surface area contributed by atoms with E-state index in [1.165, 1.54) is 24.2 Å². The molecular weight excluding hydrogens is 251 g/mol. The predicted octanol–water partition coefficient (Wildman–Crippen LogP) is 2.77. The molecule has 6 heteroatoms. The summed E-state index contributed by atoms with van der Waals surface area (Å²) in [7, 11) is 0. The van der Waals surface area contributed by atoms with Crippen LogP contribution >= 0.6 is 11.8 Å². The van der Waals surface area contributed by atoms with Gasteiger partial charge in [-0.25, -0.2) is 9.37 Å². The second kappa shape index (κ2) is 5.97. The number of H-pyrrole nitrogens is 1. The highest BCUT2D eigenvalue weighted by atomic mass is 32.2. The van der Waals surface area contributed by atoms with Crippen LogP contribution in [0.3, 0.4) is 0 Å². The standard InChI is InChI=1S/C12H15FN4S/c1-3-14-8(2)9-5-4-6-10(13)11(9)18-12-15-7-16-17-12/h4-8,14H,3H2,1-2H3,(H,15,16,17). The lowest BCUT2D eigenvalue weighted by Gasteiger charge is -2.16. The summed E-state index contributed by atoms with van der Waals surface area (Å²) < 4.78 is 13.9. The molecule has 18 heavy (non-hydrogen) atoms. The molecule has 96 valence electrons. The van der Waals surface area contributed by atoms with Gasteiger partial charge in [-0.1, -0.05) is 19.1 Å². The first-order valence-corrected chi connectivity index (χ1v) is 6.59. The molecule has 0 saturated carbocycles. The van der Waals surface area contributed by atoms with E-state index in [-0.39, 0.29) is 11.9 Å². The third kappa shape index (κ3) is 2.88. The fourth-order valence-corrected chi connectivity index (χ4v) is 2.65. The molecule has 4 nitrogen and oxygen atoms in total. The van der Waals surface area contributed by atoms with E-state index in [2.05, 4.69) is 20.5 Å². The zero-order chi connectivity index (χ0) is 13.0. The Labute approximate surface area is 109 Å². The molecule has 2 rings (SSSR count). The van der Waals surface area contributed by atoms with Crippen molar-refractivity contribution < 1.29 is 4.39 Å². The Balaban J connectivity index is 2.32. The van der Waals surface area contributed by atoms with Crippen LogP contribution in [0, 0.1) is 5.82 Å². The molecule has 0 radical (unpaired) electrons. The third-order valence-electron chi connectivity index (χ3n) is 2.57. The van der Waals surface area contributed by atoms with E-state index >= 15 is 0 Å². The van der Waals surface area contributed by atoms with Crippen molar-refractivity contribution in [2.75, 3.05) is 6.54 Å². The largest absolute Gasteiger partial charge is 0.310 e. The lowest BCUT2D eigenvalue weighted by atomic mass is 10.1. The molecule has 0 spiro atoms. The number of benzene rings is 1. The molecule has 2 aromatic rings. The van der Waals surface area contributed by atoms with Crippen molar-refractivity contribution in [3.63, 3.8) is 0 Å². The number of hydrogen-bond donors (Lipinski definition) is 2. The van der Waals surface area contributed by atoms with Crippen molar-refractivity contribution in [3.8, 4) is 0 Å². The number of aromatic nitrogens is 3. The zero-order valence-electron chi connectivity index (χ0n) is 10.3. The molecule has 0 aliphatic carbocycles. The van der Waals surface area contributed by atoms with Crippen LogP contribution in [-0.2, 0) is 0 Å². The maximum atomic E-state index is 13.9. The lowest BCUT2D eigenvalue weighted by molar-refractivity contribution is 0.557. The highest BCUT2D eigenvalue weighted by Crippen LogP contribution is 2.33. The van der Waals surface area contributed by atoms with Crippen molar-refractivity contribution in [2.45, 2.75) is 29.9 Å². The van der Waals surface area contributed by atoms with E-state index in [0.29, 0.717) is 10.1 Å². The quantitative estimate of drug-likeness (QED) is 0.873. The summed E-state index contributed by atoms with van der Waals surface area (Å²) in [6.07, 6.45) is 1.41. The van der Waals surface area contributed by atoms with Gasteiger partial charge in [0.2, 0.25) is 0 Å². The van der Waals surface area contributed by atoms with Gasteiger partial charge in [0.1, 0.15) is 12.1 Å². The van der Waals surface area contributed by atoms with Gasteiger partial charge < -0.3 is 5.32 Å². The highest BCUT2D eigenvalue weighted by Gasteiger charge is 2.15. The Kier molecular flexibility index (Phi) is 4.33. The molecule has 0 fully saturated rings. The summed E-state index contributed by atoms with van der Waals surface area (Å²) in [5.74, 6) is -0.237. The van der Waals surface area contributed by atoms with Crippen LogP contribution in [0.4, 0.5) is 4.39 Å². The zero-order valence-corrected chi connectivity index (χ0v) is 11.1. The molecular formula is C12H15FN4S. The van der Waals surface area contributed by atoms with E-state index in [1.807, 2.05) is 19.9 Å². The molecule has 0 bridgehead atoms. The monoisotopic (exact) mass is 266 g/mol. The van der Waals surface area contributed by atoms with Crippen molar-refractivity contribution in [1.29, 1.82) is 0 Å². The first-order chi connectivity index (χ1) is 8.72. The van der Waals surface area contributed by atoms with Gasteiger partial charge >= 0.3 is 0 Å². The van der Waals surface area contributed by atoms with Crippen LogP contribution in [0.1, 0.15) is 25.5 Å². The molecule has 1 atom stereocenters. The Hall–Kier alpha value is -1.40. The van der Waals surface area contributed by atoms with E-state index in [0.717, 1.165) is 12.1 Å². The molecule has 0 saturated heterocycles. The Morgan fingerprint density at radius 1 is 1.50 bits per heavy atom. The minimum atomic E-state index is -0.237. The number of nitrogens with zero attached hydrogens (tertiary/aromatic N) is 2. The van der Waals surface area contributed by atoms with Gasteiger partial charge in [0, 0.05) is 6.04 Å². The van der Waals surface area contributed by atoms with Gasteiger partial charge in [-0.05, 0) is 36.9 Å². The summed E-state index contributed by atoms with van der Waals surface area (Å²) >= 11 is 1.26. The van der Waals surface area contributed by atoms with E-state index in [9.17, 15) is 4.39 Å². The van der Waals surface area contributed by atoms with Crippen LogP contribution in [-0.4, -0.2) is 21.7 Å². The second-order valence-corrected chi connectivity index (χ2v) is 4.83. The third-order valence-corrected chi connectivity index (χ3v) is 3.59. The summed E-state index contributed by atoms with van der Waals surface area (Å²) in [6, 6.07) is 5.20. The minimum Gasteiger partial charge on any atom is -0.310 e. The van der Waals surface area contributed by atoms with Gasteiger partial charge in [0.05, 0.1) is 4.90 Å². The van der Waals surface area contributed by atoms with Gasteiger partial charge in [-0.15, -0.1) is 0 Å². The van der Waals surface area contributed by atoms with Crippen LogP contribution in [0.25, 0.3) is 0 Å². The summed E-state index contributed by atoms with van der Waals surface area (Å²) in [5.41, 5.74) is 0.929. The number of aromatic amines is 1. The predicted molar refractivity (Wildman–Crippen MR) is 69.0 cm³/mol. The first-order valence-electron chi connectivity index (χ1n) is 5.77. The number of halogens is 1. The van der Waals surface area contributed by atoms with Crippen molar-refractivity contribution in [1.82, 2.24) is 20.5 Å². The Morgan fingerprint density at radius 2 is 2.33 bits per heavy atom. The van der Waals surface area contributed by atoms with E-state index in [1.54, 1.807) is 6.07 Å². The molecule has 1 aromatic heterocycles. The van der Waals surface area contributed by atoms with E-state index < -0.39 is 0 Å². The van der Waals surface area contributed by atoms with Gasteiger partial charge in [-0.3, -0.25) is 5.10 Å². The molecule has 0 amide bonds. The molecule has 0 aliphatic heterocycles.